The van der Waals surface area contributed by atoms with Crippen molar-refractivity contribution in [1.82, 2.24) is 0 Å². The molecular formula is C24H19FeN. The number of hydrogen-bond donors (Lipinski definition) is 0. The maximum atomic E-state index is 4.56. The largest absolute Gasteiger partial charge is 2.00 e. The third-order valence-corrected chi connectivity index (χ3v) is 4.38. The second-order valence-corrected chi connectivity index (χ2v) is 6.11. The molecule has 0 saturated heterocycles. The summed E-state index contributed by atoms with van der Waals surface area (Å²) in [6.45, 7) is 0. The molecule has 0 saturated carbocycles. The van der Waals surface area contributed by atoms with E-state index in [-0.39, 0.29) is 17.1 Å². The van der Waals surface area contributed by atoms with Gasteiger partial charge in [0.15, 0.2) is 0 Å². The van der Waals surface area contributed by atoms with Gasteiger partial charge in [0.2, 0.25) is 0 Å². The first kappa shape index (κ1) is 18.1. The van der Waals surface area contributed by atoms with Crippen molar-refractivity contribution in [2.75, 3.05) is 0 Å². The maximum Gasteiger partial charge on any atom is 2.00 e. The second-order valence-electron chi connectivity index (χ2n) is 6.11. The van der Waals surface area contributed by atoms with Gasteiger partial charge in [-0.2, -0.15) is 30.3 Å². The summed E-state index contributed by atoms with van der Waals surface area (Å²) in [6.07, 6.45) is 2.94. The summed E-state index contributed by atoms with van der Waals surface area (Å²) in [7, 11) is 0. The zero-order chi connectivity index (χ0) is 16.9. The van der Waals surface area contributed by atoms with Gasteiger partial charge in [-0.1, -0.05) is 30.3 Å². The predicted octanol–water partition coefficient (Wildman–Crippen LogP) is 6.13. The molecule has 1 aliphatic carbocycles. The molecule has 5 rings (SSSR count). The van der Waals surface area contributed by atoms with Crippen LogP contribution in [0.1, 0.15) is 16.7 Å². The van der Waals surface area contributed by atoms with Crippen molar-refractivity contribution < 1.29 is 17.1 Å². The molecule has 0 amide bonds. The fourth-order valence-corrected chi connectivity index (χ4v) is 3.16. The summed E-state index contributed by atoms with van der Waals surface area (Å²) in [5, 5.41) is 0. The van der Waals surface area contributed by atoms with E-state index in [1.165, 1.54) is 22.3 Å². The smallest absolute Gasteiger partial charge is 0.269 e. The summed E-state index contributed by atoms with van der Waals surface area (Å²) in [5.74, 6) is 0. The van der Waals surface area contributed by atoms with Crippen LogP contribution in [-0.4, -0.2) is 6.21 Å². The maximum absolute atomic E-state index is 4.56. The molecule has 0 heterocycles. The summed E-state index contributed by atoms with van der Waals surface area (Å²) in [5.41, 5.74) is 7.69. The molecule has 4 aromatic rings. The van der Waals surface area contributed by atoms with Crippen LogP contribution < -0.4 is 0 Å². The quantitative estimate of drug-likeness (QED) is 0.199. The van der Waals surface area contributed by atoms with Crippen molar-refractivity contribution in [3.05, 3.63) is 114 Å². The van der Waals surface area contributed by atoms with Gasteiger partial charge in [-0.05, 0) is 47.0 Å². The molecule has 0 aliphatic heterocycles. The molecule has 0 atom stereocenters. The molecule has 128 valence electrons. The van der Waals surface area contributed by atoms with Crippen molar-refractivity contribution in [3.63, 3.8) is 0 Å². The van der Waals surface area contributed by atoms with Crippen molar-refractivity contribution in [1.29, 1.82) is 0 Å². The van der Waals surface area contributed by atoms with Gasteiger partial charge in [-0.25, -0.2) is 24.3 Å². The molecule has 0 bridgehead atoms. The van der Waals surface area contributed by atoms with Crippen LogP contribution in [0.3, 0.4) is 0 Å². The first-order valence-electron chi connectivity index (χ1n) is 8.54. The summed E-state index contributed by atoms with van der Waals surface area (Å²) in [6, 6.07) is 33.3. The van der Waals surface area contributed by atoms with E-state index in [0.29, 0.717) is 0 Å². The van der Waals surface area contributed by atoms with E-state index in [2.05, 4.69) is 59.6 Å². The molecular weight excluding hydrogens is 358 g/mol. The average Bonchev–Trinajstić information content (AvgIpc) is 3.42. The molecule has 0 unspecified atom stereocenters. The monoisotopic (exact) mass is 377 g/mol. The van der Waals surface area contributed by atoms with E-state index in [0.717, 1.165) is 17.7 Å². The van der Waals surface area contributed by atoms with E-state index in [1.807, 2.05) is 48.7 Å². The second kappa shape index (κ2) is 8.62. The number of rotatable bonds is 2. The van der Waals surface area contributed by atoms with Gasteiger partial charge in [0.1, 0.15) is 0 Å². The standard InChI is InChI=1S/C19H14N.C5H5.Fe/c1-2-6-14(5-1)13-20-17-9-10-19-16(12-17)11-15-7-3-4-8-18(15)19;1-2-4-5-3-1;/h1-10,12-13H,11H2;1-5H;/q2*-1;+2. The first-order chi connectivity index (χ1) is 12.4. The molecule has 0 fully saturated rings. The average molecular weight is 377 g/mol. The molecule has 0 aromatic heterocycles. The predicted molar refractivity (Wildman–Crippen MR) is 106 cm³/mol. The minimum absolute atomic E-state index is 0. The van der Waals surface area contributed by atoms with Crippen LogP contribution in [0.2, 0.25) is 0 Å². The number of hydrogen-bond acceptors (Lipinski definition) is 1. The zero-order valence-electron chi connectivity index (χ0n) is 14.3. The molecule has 0 spiro atoms. The Hall–Kier alpha value is -2.67. The fourth-order valence-electron chi connectivity index (χ4n) is 3.16. The summed E-state index contributed by atoms with van der Waals surface area (Å²) in [4.78, 5) is 4.56. The topological polar surface area (TPSA) is 12.4 Å². The van der Waals surface area contributed by atoms with E-state index < -0.39 is 0 Å². The Balaban J connectivity index is 0.000000285. The van der Waals surface area contributed by atoms with Crippen LogP contribution >= 0.6 is 0 Å². The number of benzene rings is 2. The Kier molecular flexibility index (Phi) is 6.01. The third-order valence-electron chi connectivity index (χ3n) is 4.38. The van der Waals surface area contributed by atoms with Crippen LogP contribution in [0.25, 0.3) is 11.1 Å². The molecule has 2 heteroatoms. The van der Waals surface area contributed by atoms with Gasteiger partial charge in [-0.15, -0.1) is 5.56 Å². The minimum atomic E-state index is 0. The van der Waals surface area contributed by atoms with E-state index in [1.54, 1.807) is 0 Å². The Morgan fingerprint density at radius 3 is 2.27 bits per heavy atom. The van der Waals surface area contributed by atoms with Gasteiger partial charge in [0.05, 0.1) is 5.69 Å². The summed E-state index contributed by atoms with van der Waals surface area (Å²) >= 11 is 0. The van der Waals surface area contributed by atoms with Gasteiger partial charge in [0, 0.05) is 0 Å². The Bertz CT molecular complexity index is 946. The number of aliphatic imine (C=N–C) groups is 1. The normalized spacial score (nSPS) is 11.2. The van der Waals surface area contributed by atoms with Crippen molar-refractivity contribution in [2.24, 2.45) is 4.99 Å². The molecule has 1 aliphatic rings. The van der Waals surface area contributed by atoms with Gasteiger partial charge in [0.25, 0.3) is 0 Å². The van der Waals surface area contributed by atoms with E-state index >= 15 is 0 Å². The van der Waals surface area contributed by atoms with Crippen LogP contribution in [0, 0.1) is 0 Å². The fraction of sp³-hybridized carbons (Fsp3) is 0.0417. The van der Waals surface area contributed by atoms with Crippen LogP contribution in [0.5, 0.6) is 0 Å². The Morgan fingerprint density at radius 1 is 0.808 bits per heavy atom. The molecule has 0 radical (unpaired) electrons. The van der Waals surface area contributed by atoms with Crippen LogP contribution in [-0.2, 0) is 23.5 Å². The SMILES string of the molecule is C(=Nc1ccc2c(c1)Cc1ccccc1-2)[c-]1cccc1.[Fe+2].c1cc[cH-]c1. The van der Waals surface area contributed by atoms with Gasteiger partial charge >= 0.3 is 17.1 Å². The Labute approximate surface area is 165 Å². The van der Waals surface area contributed by atoms with Crippen molar-refractivity contribution in [2.45, 2.75) is 6.42 Å². The minimum Gasteiger partial charge on any atom is -0.269 e. The van der Waals surface area contributed by atoms with E-state index in [9.17, 15) is 0 Å². The summed E-state index contributed by atoms with van der Waals surface area (Å²) < 4.78 is 0. The zero-order valence-corrected chi connectivity index (χ0v) is 15.4. The van der Waals surface area contributed by atoms with Gasteiger partial charge in [-0.3, -0.25) is 4.99 Å². The molecule has 4 aromatic carbocycles. The van der Waals surface area contributed by atoms with Crippen molar-refractivity contribution >= 4 is 11.9 Å². The van der Waals surface area contributed by atoms with Crippen molar-refractivity contribution in [3.8, 4) is 11.1 Å². The van der Waals surface area contributed by atoms with Crippen LogP contribution in [0.4, 0.5) is 5.69 Å². The first-order valence-corrected chi connectivity index (χ1v) is 8.54. The molecule has 1 nitrogen and oxygen atoms in total. The number of fused-ring (bicyclic) bond motifs is 3. The van der Waals surface area contributed by atoms with Crippen LogP contribution in [0.15, 0.2) is 102 Å². The third kappa shape index (κ3) is 4.11. The molecule has 26 heavy (non-hydrogen) atoms. The van der Waals surface area contributed by atoms with E-state index in [4.69, 9.17) is 0 Å². The molecule has 0 N–H and O–H groups in total. The number of nitrogens with zero attached hydrogens (tertiary/aromatic N) is 1. The Morgan fingerprint density at radius 2 is 1.54 bits per heavy atom. The van der Waals surface area contributed by atoms with Gasteiger partial charge < -0.3 is 0 Å².